The molecule has 1 aromatic heterocycles. The number of anilines is 1. The van der Waals surface area contributed by atoms with Gasteiger partial charge in [0.25, 0.3) is 0 Å². The Bertz CT molecular complexity index is 648. The molecule has 2 aliphatic rings. The van der Waals surface area contributed by atoms with E-state index >= 15 is 0 Å². The highest BCUT2D eigenvalue weighted by atomic mass is 16.2. The van der Waals surface area contributed by atoms with Crippen molar-refractivity contribution in [3.63, 3.8) is 0 Å². The van der Waals surface area contributed by atoms with E-state index in [1.165, 1.54) is 0 Å². The zero-order valence-electron chi connectivity index (χ0n) is 16.8. The molecule has 0 aromatic carbocycles. The van der Waals surface area contributed by atoms with Crippen LogP contribution in [0.25, 0.3) is 0 Å². The molecule has 3 heterocycles. The lowest BCUT2D eigenvalue weighted by Gasteiger charge is -2.42. The number of hydrogen-bond donors (Lipinski definition) is 0. The Morgan fingerprint density at radius 2 is 1.89 bits per heavy atom. The topological polar surface area (TPSA) is 64.9 Å². The van der Waals surface area contributed by atoms with Gasteiger partial charge in [-0.25, -0.2) is 0 Å². The van der Waals surface area contributed by atoms with Gasteiger partial charge in [-0.3, -0.25) is 24.1 Å². The van der Waals surface area contributed by atoms with Crippen LogP contribution in [0.3, 0.4) is 0 Å². The van der Waals surface area contributed by atoms with Crippen LogP contribution in [-0.2, 0) is 16.6 Å². The number of aromatic nitrogens is 2. The van der Waals surface area contributed by atoms with Gasteiger partial charge in [-0.05, 0) is 25.9 Å². The summed E-state index contributed by atoms with van der Waals surface area (Å²) in [7, 11) is 1.86. The van der Waals surface area contributed by atoms with Crippen LogP contribution in [0.2, 0.25) is 0 Å². The smallest absolute Gasteiger partial charge is 0.244 e. The summed E-state index contributed by atoms with van der Waals surface area (Å²) in [4.78, 5) is 33.7. The lowest BCUT2D eigenvalue weighted by Crippen LogP contribution is -2.59. The third-order valence-electron chi connectivity index (χ3n) is 5.77. The number of nitrogens with zero attached hydrogens (tertiary/aromatic N) is 6. The molecule has 0 aliphatic carbocycles. The zero-order valence-corrected chi connectivity index (χ0v) is 16.8. The van der Waals surface area contributed by atoms with Crippen molar-refractivity contribution in [3.8, 4) is 0 Å². The molecule has 0 radical (unpaired) electrons. The second-order valence-electron chi connectivity index (χ2n) is 7.40. The summed E-state index contributed by atoms with van der Waals surface area (Å²) in [6.45, 7) is 10.1. The van der Waals surface area contributed by atoms with Gasteiger partial charge in [0.1, 0.15) is 0 Å². The standard InChI is InChI=1S/C19H32N6O2/c1-4-22(5-2)15-18(26)24-11-9-23(10-12-24)17-7-6-8-25(19(17)27)16-13-20-21(3)14-16/h13-14,17H,4-12,15H2,1-3H3/t17-/m1/s1. The normalized spacial score (nSPS) is 21.9. The molecule has 2 saturated heterocycles. The minimum atomic E-state index is -0.0843. The van der Waals surface area contributed by atoms with Gasteiger partial charge in [0.15, 0.2) is 0 Å². The Morgan fingerprint density at radius 1 is 1.19 bits per heavy atom. The molecule has 1 atom stereocenters. The molecular weight excluding hydrogens is 344 g/mol. The molecule has 2 amide bonds. The number of hydrogen-bond acceptors (Lipinski definition) is 5. The molecule has 0 unspecified atom stereocenters. The van der Waals surface area contributed by atoms with Crippen molar-refractivity contribution < 1.29 is 9.59 Å². The first-order valence-electron chi connectivity index (χ1n) is 10.1. The predicted octanol–water partition coefficient (Wildman–Crippen LogP) is 0.402. The van der Waals surface area contributed by atoms with Gasteiger partial charge in [0.05, 0.1) is 24.5 Å². The maximum Gasteiger partial charge on any atom is 0.244 e. The Morgan fingerprint density at radius 3 is 2.48 bits per heavy atom. The van der Waals surface area contributed by atoms with E-state index in [2.05, 4.69) is 28.7 Å². The highest BCUT2D eigenvalue weighted by Crippen LogP contribution is 2.24. The van der Waals surface area contributed by atoms with Crippen LogP contribution in [0.5, 0.6) is 0 Å². The molecule has 0 N–H and O–H groups in total. The summed E-state index contributed by atoms with van der Waals surface area (Å²) >= 11 is 0. The molecule has 150 valence electrons. The number of likely N-dealkylation sites (N-methyl/N-ethyl adjacent to an activating group) is 1. The summed E-state index contributed by atoms with van der Waals surface area (Å²) in [6, 6.07) is -0.0843. The second-order valence-corrected chi connectivity index (χ2v) is 7.40. The molecule has 8 heteroatoms. The monoisotopic (exact) mass is 376 g/mol. The molecule has 3 rings (SSSR count). The number of aryl methyl sites for hydroxylation is 1. The summed E-state index contributed by atoms with van der Waals surface area (Å²) in [5.74, 6) is 0.363. The fourth-order valence-electron chi connectivity index (χ4n) is 4.02. The Hall–Kier alpha value is -1.93. The van der Waals surface area contributed by atoms with Gasteiger partial charge < -0.3 is 9.80 Å². The third kappa shape index (κ3) is 4.50. The van der Waals surface area contributed by atoms with Gasteiger partial charge in [-0.2, -0.15) is 5.10 Å². The van der Waals surface area contributed by atoms with Crippen molar-refractivity contribution in [2.75, 3.05) is 57.3 Å². The first-order chi connectivity index (χ1) is 13.0. The van der Waals surface area contributed by atoms with Crippen LogP contribution in [0.1, 0.15) is 26.7 Å². The SMILES string of the molecule is CCN(CC)CC(=O)N1CCN([C@@H]2CCCN(c3cnn(C)c3)C2=O)CC1. The van der Waals surface area contributed by atoms with Gasteiger partial charge in [-0.1, -0.05) is 13.8 Å². The largest absolute Gasteiger partial charge is 0.339 e. The Kier molecular flexibility index (Phi) is 6.49. The minimum absolute atomic E-state index is 0.0843. The minimum Gasteiger partial charge on any atom is -0.339 e. The van der Waals surface area contributed by atoms with E-state index < -0.39 is 0 Å². The molecule has 2 fully saturated rings. The van der Waals surface area contributed by atoms with E-state index in [1.807, 2.05) is 23.0 Å². The Labute approximate surface area is 161 Å². The van der Waals surface area contributed by atoms with Gasteiger partial charge in [0, 0.05) is 46.0 Å². The van der Waals surface area contributed by atoms with Crippen molar-refractivity contribution in [3.05, 3.63) is 12.4 Å². The van der Waals surface area contributed by atoms with E-state index in [-0.39, 0.29) is 17.9 Å². The van der Waals surface area contributed by atoms with Crippen molar-refractivity contribution in [1.82, 2.24) is 24.5 Å². The van der Waals surface area contributed by atoms with Gasteiger partial charge in [-0.15, -0.1) is 0 Å². The molecule has 8 nitrogen and oxygen atoms in total. The fourth-order valence-corrected chi connectivity index (χ4v) is 4.02. The quantitative estimate of drug-likeness (QED) is 0.719. The summed E-state index contributed by atoms with van der Waals surface area (Å²) in [6.07, 6.45) is 5.53. The fraction of sp³-hybridized carbons (Fsp3) is 0.737. The summed E-state index contributed by atoms with van der Waals surface area (Å²) in [5, 5.41) is 4.19. The Balaban J connectivity index is 1.55. The molecule has 2 aliphatic heterocycles. The molecule has 0 spiro atoms. The van der Waals surface area contributed by atoms with E-state index in [0.29, 0.717) is 19.6 Å². The molecular formula is C19H32N6O2. The highest BCUT2D eigenvalue weighted by molar-refractivity contribution is 5.97. The van der Waals surface area contributed by atoms with E-state index in [4.69, 9.17) is 0 Å². The van der Waals surface area contributed by atoms with Crippen LogP contribution < -0.4 is 4.90 Å². The maximum absolute atomic E-state index is 13.0. The third-order valence-corrected chi connectivity index (χ3v) is 5.77. The molecule has 0 bridgehead atoms. The molecule has 27 heavy (non-hydrogen) atoms. The lowest BCUT2D eigenvalue weighted by molar-refractivity contribution is -0.135. The zero-order chi connectivity index (χ0) is 19.4. The summed E-state index contributed by atoms with van der Waals surface area (Å²) in [5.41, 5.74) is 0.875. The average molecular weight is 377 g/mol. The van der Waals surface area contributed by atoms with E-state index in [1.54, 1.807) is 10.9 Å². The van der Waals surface area contributed by atoms with Crippen LogP contribution in [-0.4, -0.2) is 94.7 Å². The first-order valence-corrected chi connectivity index (χ1v) is 10.1. The van der Waals surface area contributed by atoms with Crippen LogP contribution in [0.15, 0.2) is 12.4 Å². The van der Waals surface area contributed by atoms with Crippen LogP contribution in [0.4, 0.5) is 5.69 Å². The van der Waals surface area contributed by atoms with Crippen LogP contribution >= 0.6 is 0 Å². The van der Waals surface area contributed by atoms with Crippen molar-refractivity contribution >= 4 is 17.5 Å². The van der Waals surface area contributed by atoms with Crippen molar-refractivity contribution in [2.45, 2.75) is 32.7 Å². The number of piperazine rings is 1. The van der Waals surface area contributed by atoms with Crippen molar-refractivity contribution in [2.24, 2.45) is 7.05 Å². The van der Waals surface area contributed by atoms with Gasteiger partial charge in [0.2, 0.25) is 11.8 Å². The number of piperidine rings is 1. The average Bonchev–Trinajstić information content (AvgIpc) is 3.12. The summed E-state index contributed by atoms with van der Waals surface area (Å²) < 4.78 is 1.73. The molecule has 1 aromatic rings. The lowest BCUT2D eigenvalue weighted by atomic mass is 10.0. The number of rotatable bonds is 6. The van der Waals surface area contributed by atoms with E-state index in [9.17, 15) is 9.59 Å². The second kappa shape index (κ2) is 8.84. The van der Waals surface area contributed by atoms with Crippen molar-refractivity contribution in [1.29, 1.82) is 0 Å². The highest BCUT2D eigenvalue weighted by Gasteiger charge is 2.36. The maximum atomic E-state index is 13.0. The first kappa shape index (κ1) is 19.8. The van der Waals surface area contributed by atoms with Gasteiger partial charge >= 0.3 is 0 Å². The van der Waals surface area contributed by atoms with Crippen LogP contribution in [0, 0.1) is 0 Å². The number of carbonyl (C=O) groups is 2. The molecule has 0 saturated carbocycles. The number of carbonyl (C=O) groups excluding carboxylic acids is 2. The van der Waals surface area contributed by atoms with E-state index in [0.717, 1.165) is 51.3 Å². The predicted molar refractivity (Wildman–Crippen MR) is 105 cm³/mol. The number of amides is 2.